The molecule has 286 valence electrons. The van der Waals surface area contributed by atoms with Gasteiger partial charge in [0.25, 0.3) is 0 Å². The van der Waals surface area contributed by atoms with E-state index in [0.717, 1.165) is 66.7 Å². The Morgan fingerprint density at radius 3 is 1.53 bits per heavy atom. The summed E-state index contributed by atoms with van der Waals surface area (Å²) >= 11 is 0. The fourth-order valence-corrected chi connectivity index (χ4v) is 9.78. The van der Waals surface area contributed by atoms with Crippen molar-refractivity contribution in [3.8, 4) is 44.9 Å². The first-order valence-corrected chi connectivity index (χ1v) is 21.2. The second-order valence-corrected chi connectivity index (χ2v) is 16.3. The van der Waals surface area contributed by atoms with E-state index in [0.29, 0.717) is 0 Å². The molecular formula is C59H35N3. The molecule has 3 nitrogen and oxygen atoms in total. The minimum atomic E-state index is 0.914. The maximum Gasteiger partial charge on any atom is 0.0972 e. The van der Waals surface area contributed by atoms with Gasteiger partial charge in [0.2, 0.25) is 0 Å². The van der Waals surface area contributed by atoms with Crippen molar-refractivity contribution in [3.05, 3.63) is 212 Å². The monoisotopic (exact) mass is 785 g/mol. The highest BCUT2D eigenvalue weighted by Gasteiger charge is 2.18. The van der Waals surface area contributed by atoms with Crippen molar-refractivity contribution in [1.29, 1.82) is 0 Å². The molecule has 3 heterocycles. The summed E-state index contributed by atoms with van der Waals surface area (Å²) in [5.41, 5.74) is 11.3. The summed E-state index contributed by atoms with van der Waals surface area (Å²) in [6.07, 6.45) is 0. The van der Waals surface area contributed by atoms with Crippen molar-refractivity contribution >= 4 is 86.6 Å². The normalized spacial score (nSPS) is 11.9. The second kappa shape index (κ2) is 13.6. The molecule has 0 saturated carbocycles. The van der Waals surface area contributed by atoms with Gasteiger partial charge in [-0.3, -0.25) is 0 Å². The maximum absolute atomic E-state index is 5.43. The third-order valence-electron chi connectivity index (χ3n) is 12.8. The predicted molar refractivity (Wildman–Crippen MR) is 262 cm³/mol. The third-order valence-corrected chi connectivity index (χ3v) is 12.8. The van der Waals surface area contributed by atoms with Crippen LogP contribution in [-0.2, 0) is 0 Å². The molecule has 0 fully saturated rings. The number of hydrogen-bond donors (Lipinski definition) is 0. The van der Waals surface area contributed by atoms with E-state index in [1.807, 2.05) is 6.07 Å². The number of benzene rings is 10. The molecule has 13 aromatic rings. The molecule has 13 rings (SSSR count). The first kappa shape index (κ1) is 34.6. The molecule has 3 heteroatoms. The molecule has 3 aromatic heterocycles. The van der Waals surface area contributed by atoms with E-state index in [2.05, 4.69) is 206 Å². The van der Waals surface area contributed by atoms with E-state index in [9.17, 15) is 0 Å². The Labute approximate surface area is 357 Å². The van der Waals surface area contributed by atoms with Crippen LogP contribution in [0.1, 0.15) is 0 Å². The lowest BCUT2D eigenvalue weighted by molar-refractivity contribution is 1.37. The van der Waals surface area contributed by atoms with Gasteiger partial charge in [0.1, 0.15) is 0 Å². The molecular weight excluding hydrogens is 751 g/mol. The number of fused-ring (bicyclic) bond motifs is 14. The molecule has 62 heavy (non-hydrogen) atoms. The van der Waals surface area contributed by atoms with Gasteiger partial charge in [-0.15, -0.1) is 0 Å². The van der Waals surface area contributed by atoms with Crippen molar-refractivity contribution in [1.82, 2.24) is 15.0 Å². The Bertz CT molecular complexity index is 3980. The highest BCUT2D eigenvalue weighted by atomic mass is 14.8. The highest BCUT2D eigenvalue weighted by Crippen LogP contribution is 2.43. The summed E-state index contributed by atoms with van der Waals surface area (Å²) in [5, 5.41) is 15.6. The van der Waals surface area contributed by atoms with Crippen molar-refractivity contribution in [3.63, 3.8) is 0 Å². The zero-order valence-electron chi connectivity index (χ0n) is 33.5. The van der Waals surface area contributed by atoms with E-state index in [4.69, 9.17) is 15.0 Å². The van der Waals surface area contributed by atoms with Crippen LogP contribution in [0.15, 0.2) is 212 Å². The standard InChI is InChI=1S/C59H35N3/c1-2-11-37(12-3-1)52-31-28-38-23-24-39-29-32-53(61-59(39)58(38)60-52)43-27-30-45-42(34-43)26-22-36-21-25-41(35-51(36)45)40-13-10-14-44(33-40)57-56-49-18-7-5-16-47(49)46-15-4-6-17-48(46)55(56)50-19-8-9-20-54(50)62-57/h1-35H. The zero-order valence-corrected chi connectivity index (χ0v) is 33.5. The van der Waals surface area contributed by atoms with Crippen LogP contribution in [0.2, 0.25) is 0 Å². The summed E-state index contributed by atoms with van der Waals surface area (Å²) in [4.78, 5) is 15.8. The second-order valence-electron chi connectivity index (χ2n) is 16.3. The van der Waals surface area contributed by atoms with E-state index < -0.39 is 0 Å². The first-order chi connectivity index (χ1) is 30.7. The molecule has 0 unspecified atom stereocenters. The Kier molecular flexibility index (Phi) is 7.60. The Morgan fingerprint density at radius 1 is 0.242 bits per heavy atom. The fraction of sp³-hybridized carbons (Fsp3) is 0. The van der Waals surface area contributed by atoms with Gasteiger partial charge in [-0.2, -0.15) is 0 Å². The molecule has 10 aromatic carbocycles. The molecule has 0 amide bonds. The summed E-state index contributed by atoms with van der Waals surface area (Å²) in [5.74, 6) is 0. The Morgan fingerprint density at radius 2 is 0.774 bits per heavy atom. The van der Waals surface area contributed by atoms with Crippen LogP contribution < -0.4 is 0 Å². The minimum absolute atomic E-state index is 0.914. The molecule has 0 bridgehead atoms. The van der Waals surface area contributed by atoms with Gasteiger partial charge in [-0.25, -0.2) is 15.0 Å². The van der Waals surface area contributed by atoms with Crippen molar-refractivity contribution in [2.75, 3.05) is 0 Å². The van der Waals surface area contributed by atoms with Crippen LogP contribution in [0.25, 0.3) is 131 Å². The van der Waals surface area contributed by atoms with Crippen LogP contribution in [0.3, 0.4) is 0 Å². The SMILES string of the molecule is c1ccc(-c2ccc3ccc4ccc(-c5ccc6c(ccc7ccc(-c8cccc(-c9nc%10ccccc%10c%10c%11ccccc%11c%11ccccc%11c9%10)c8)cc76)c5)nc4c3n2)cc1. The molecule has 0 atom stereocenters. The molecule has 0 aliphatic rings. The molecule has 0 saturated heterocycles. The zero-order chi connectivity index (χ0) is 40.7. The summed E-state index contributed by atoms with van der Waals surface area (Å²) < 4.78 is 0. The van der Waals surface area contributed by atoms with E-state index in [1.54, 1.807) is 0 Å². The molecule has 0 aliphatic heterocycles. The van der Waals surface area contributed by atoms with E-state index in [-0.39, 0.29) is 0 Å². The van der Waals surface area contributed by atoms with Crippen LogP contribution in [-0.4, -0.2) is 15.0 Å². The first-order valence-electron chi connectivity index (χ1n) is 21.2. The molecule has 0 aliphatic carbocycles. The Hall–Kier alpha value is -8.27. The number of nitrogens with zero attached hydrogens (tertiary/aromatic N) is 3. The number of aromatic nitrogens is 3. The number of rotatable bonds is 4. The van der Waals surface area contributed by atoms with Gasteiger partial charge in [0.15, 0.2) is 0 Å². The summed E-state index contributed by atoms with van der Waals surface area (Å²) in [6, 6.07) is 76.3. The van der Waals surface area contributed by atoms with Crippen molar-refractivity contribution in [2.45, 2.75) is 0 Å². The highest BCUT2D eigenvalue weighted by molar-refractivity contribution is 6.33. The summed E-state index contributed by atoms with van der Waals surface area (Å²) in [6.45, 7) is 0. The number of para-hydroxylation sites is 1. The third kappa shape index (κ3) is 5.42. The average Bonchev–Trinajstić information content (AvgIpc) is 3.35. The van der Waals surface area contributed by atoms with Crippen molar-refractivity contribution < 1.29 is 0 Å². The summed E-state index contributed by atoms with van der Waals surface area (Å²) in [7, 11) is 0. The lowest BCUT2D eigenvalue weighted by Gasteiger charge is -2.16. The van der Waals surface area contributed by atoms with Crippen LogP contribution in [0, 0.1) is 0 Å². The van der Waals surface area contributed by atoms with Gasteiger partial charge < -0.3 is 0 Å². The largest absolute Gasteiger partial charge is 0.247 e. The minimum Gasteiger partial charge on any atom is -0.247 e. The number of hydrogen-bond acceptors (Lipinski definition) is 3. The van der Waals surface area contributed by atoms with Crippen LogP contribution >= 0.6 is 0 Å². The van der Waals surface area contributed by atoms with Crippen LogP contribution in [0.5, 0.6) is 0 Å². The number of pyridine rings is 3. The molecule has 0 N–H and O–H groups in total. The average molecular weight is 786 g/mol. The van der Waals surface area contributed by atoms with E-state index >= 15 is 0 Å². The Balaban J connectivity index is 0.931. The molecule has 0 spiro atoms. The maximum atomic E-state index is 5.43. The van der Waals surface area contributed by atoms with Gasteiger partial charge in [-0.1, -0.05) is 176 Å². The van der Waals surface area contributed by atoms with Crippen molar-refractivity contribution in [2.24, 2.45) is 0 Å². The van der Waals surface area contributed by atoms with Gasteiger partial charge in [0.05, 0.1) is 33.6 Å². The lowest BCUT2D eigenvalue weighted by Crippen LogP contribution is -1.93. The lowest BCUT2D eigenvalue weighted by atomic mass is 9.89. The van der Waals surface area contributed by atoms with Gasteiger partial charge in [0, 0.05) is 43.6 Å². The topological polar surface area (TPSA) is 38.7 Å². The fourth-order valence-electron chi connectivity index (χ4n) is 9.78. The van der Waals surface area contributed by atoms with Crippen LogP contribution in [0.4, 0.5) is 0 Å². The predicted octanol–water partition coefficient (Wildman–Crippen LogP) is 15.8. The molecule has 0 radical (unpaired) electrons. The smallest absolute Gasteiger partial charge is 0.0972 e. The van der Waals surface area contributed by atoms with Gasteiger partial charge in [-0.05, 0) is 90.6 Å². The quantitative estimate of drug-likeness (QED) is 0.167. The van der Waals surface area contributed by atoms with Gasteiger partial charge >= 0.3 is 0 Å². The van der Waals surface area contributed by atoms with E-state index in [1.165, 1.54) is 64.8 Å².